The van der Waals surface area contributed by atoms with Crippen molar-refractivity contribution in [3.8, 4) is 0 Å². The van der Waals surface area contributed by atoms with Gasteiger partial charge >= 0.3 is 11.9 Å². The summed E-state index contributed by atoms with van der Waals surface area (Å²) in [6, 6.07) is 0. The smallest absolute Gasteiger partial charge is 0.306 e. The summed E-state index contributed by atoms with van der Waals surface area (Å²) in [6.07, 6.45) is 35.8. The van der Waals surface area contributed by atoms with Crippen LogP contribution >= 0.6 is 0 Å². The summed E-state index contributed by atoms with van der Waals surface area (Å²) in [5.41, 5.74) is 0. The molecule has 298 valence electrons. The number of aliphatic hydroxyl groups is 4. The largest absolute Gasteiger partial charge is 0.462 e. The lowest BCUT2D eigenvalue weighted by Gasteiger charge is -2.39. The molecule has 0 saturated carbocycles. The molecule has 0 amide bonds. The summed E-state index contributed by atoms with van der Waals surface area (Å²) >= 11 is 0. The van der Waals surface area contributed by atoms with Crippen LogP contribution in [0.3, 0.4) is 0 Å². The van der Waals surface area contributed by atoms with Crippen LogP contribution in [0.5, 0.6) is 0 Å². The number of allylic oxidation sites excluding steroid dienone is 16. The van der Waals surface area contributed by atoms with Gasteiger partial charge in [0, 0.05) is 12.8 Å². The topological polar surface area (TPSA) is 152 Å². The lowest BCUT2D eigenvalue weighted by Crippen LogP contribution is -2.59. The van der Waals surface area contributed by atoms with E-state index in [1.807, 2.05) is 12.2 Å². The second kappa shape index (κ2) is 33.2. The van der Waals surface area contributed by atoms with Crippen LogP contribution in [-0.4, -0.2) is 89.0 Å². The first-order chi connectivity index (χ1) is 25.8. The molecule has 1 aliphatic rings. The number of hydrogen-bond acceptors (Lipinski definition) is 10. The second-order valence-electron chi connectivity index (χ2n) is 12.6. The number of ether oxygens (including phenoxy) is 4. The van der Waals surface area contributed by atoms with E-state index in [-0.39, 0.29) is 26.1 Å². The highest BCUT2D eigenvalue weighted by atomic mass is 16.7. The number of carbonyl (C=O) groups is 2. The quantitative estimate of drug-likeness (QED) is 0.0352. The average Bonchev–Trinajstić information content (AvgIpc) is 3.15. The zero-order chi connectivity index (χ0) is 38.8. The number of carbonyl (C=O) groups excluding carboxylic acids is 2. The molecule has 6 atom stereocenters. The Labute approximate surface area is 317 Å². The molecule has 0 radical (unpaired) electrons. The molecule has 1 aliphatic heterocycles. The normalized spacial score (nSPS) is 22.0. The monoisotopic (exact) mass is 742 g/mol. The summed E-state index contributed by atoms with van der Waals surface area (Å²) in [5, 5.41) is 39.9. The molecule has 10 heteroatoms. The molecule has 0 spiro atoms. The molecule has 0 aliphatic carbocycles. The SMILES string of the molecule is CCC=CCC=CCC=CCC=CCCCCC(=O)OCC(COC1OC(CO)C(O)C(O)C1O)OC(=O)CCC=CCC=CCC=CCC=CCC. The lowest BCUT2D eigenvalue weighted by molar-refractivity contribution is -0.305. The molecule has 0 aromatic heterocycles. The van der Waals surface area contributed by atoms with Crippen LogP contribution in [0.1, 0.15) is 104 Å². The predicted octanol–water partition coefficient (Wildman–Crippen LogP) is 7.21. The van der Waals surface area contributed by atoms with Gasteiger partial charge in [-0.3, -0.25) is 9.59 Å². The second-order valence-corrected chi connectivity index (χ2v) is 12.6. The van der Waals surface area contributed by atoms with Crippen molar-refractivity contribution in [3.05, 3.63) is 97.2 Å². The van der Waals surface area contributed by atoms with Crippen LogP contribution in [-0.2, 0) is 28.5 Å². The molecule has 53 heavy (non-hydrogen) atoms. The molecule has 1 rings (SSSR count). The molecule has 1 heterocycles. The molecule has 4 N–H and O–H groups in total. The Hall–Kier alpha value is -3.38. The fraction of sp³-hybridized carbons (Fsp3) is 0.581. The van der Waals surface area contributed by atoms with E-state index in [9.17, 15) is 30.0 Å². The summed E-state index contributed by atoms with van der Waals surface area (Å²) in [6.45, 7) is 3.03. The third kappa shape index (κ3) is 25.3. The van der Waals surface area contributed by atoms with Crippen molar-refractivity contribution >= 4 is 11.9 Å². The predicted molar refractivity (Wildman–Crippen MR) is 210 cm³/mol. The maximum atomic E-state index is 12.7. The van der Waals surface area contributed by atoms with E-state index >= 15 is 0 Å². The van der Waals surface area contributed by atoms with Gasteiger partial charge in [0.05, 0.1) is 13.2 Å². The fourth-order valence-corrected chi connectivity index (χ4v) is 4.95. The first-order valence-corrected chi connectivity index (χ1v) is 19.3. The molecule has 0 aromatic carbocycles. The highest BCUT2D eigenvalue weighted by Gasteiger charge is 2.44. The lowest BCUT2D eigenvalue weighted by atomic mass is 9.99. The molecule has 0 aromatic rings. The van der Waals surface area contributed by atoms with Crippen LogP contribution in [0, 0.1) is 0 Å². The third-order valence-corrected chi connectivity index (χ3v) is 7.98. The van der Waals surface area contributed by atoms with Crippen molar-refractivity contribution in [2.75, 3.05) is 19.8 Å². The Morgan fingerprint density at radius 2 is 1.08 bits per heavy atom. The van der Waals surface area contributed by atoms with Gasteiger partial charge in [0.15, 0.2) is 12.4 Å². The van der Waals surface area contributed by atoms with E-state index in [4.69, 9.17) is 18.9 Å². The molecule has 0 bridgehead atoms. The highest BCUT2D eigenvalue weighted by molar-refractivity contribution is 5.70. The summed E-state index contributed by atoms with van der Waals surface area (Å²) in [7, 11) is 0. The van der Waals surface area contributed by atoms with Gasteiger partial charge in [-0.05, 0) is 77.0 Å². The summed E-state index contributed by atoms with van der Waals surface area (Å²) in [5.74, 6) is -0.965. The first kappa shape index (κ1) is 47.6. The van der Waals surface area contributed by atoms with E-state index in [0.29, 0.717) is 12.8 Å². The zero-order valence-electron chi connectivity index (χ0n) is 32.0. The van der Waals surface area contributed by atoms with Crippen LogP contribution in [0.15, 0.2) is 97.2 Å². The van der Waals surface area contributed by atoms with Crippen molar-refractivity contribution < 1.29 is 49.0 Å². The van der Waals surface area contributed by atoms with E-state index in [1.165, 1.54) is 0 Å². The Kier molecular flexibility index (Phi) is 29.9. The van der Waals surface area contributed by atoms with Gasteiger partial charge in [0.25, 0.3) is 0 Å². The third-order valence-electron chi connectivity index (χ3n) is 7.98. The fourth-order valence-electron chi connectivity index (χ4n) is 4.95. The Morgan fingerprint density at radius 3 is 1.58 bits per heavy atom. The molecular weight excluding hydrogens is 676 g/mol. The zero-order valence-corrected chi connectivity index (χ0v) is 32.0. The molecule has 1 fully saturated rings. The van der Waals surface area contributed by atoms with Crippen molar-refractivity contribution in [2.45, 2.75) is 141 Å². The first-order valence-electron chi connectivity index (χ1n) is 19.3. The maximum absolute atomic E-state index is 12.7. The van der Waals surface area contributed by atoms with Gasteiger partial charge in [-0.15, -0.1) is 0 Å². The number of unbranched alkanes of at least 4 members (excludes halogenated alkanes) is 2. The number of rotatable bonds is 29. The van der Waals surface area contributed by atoms with Crippen LogP contribution in [0.25, 0.3) is 0 Å². The Morgan fingerprint density at radius 1 is 0.585 bits per heavy atom. The minimum atomic E-state index is -1.62. The van der Waals surface area contributed by atoms with E-state index in [2.05, 4.69) is 98.9 Å². The molecule has 10 nitrogen and oxygen atoms in total. The number of hydrogen-bond donors (Lipinski definition) is 4. The molecular formula is C43H66O10. The van der Waals surface area contributed by atoms with Crippen LogP contribution < -0.4 is 0 Å². The van der Waals surface area contributed by atoms with Gasteiger partial charge in [0.2, 0.25) is 0 Å². The van der Waals surface area contributed by atoms with Crippen molar-refractivity contribution in [3.63, 3.8) is 0 Å². The van der Waals surface area contributed by atoms with Gasteiger partial charge < -0.3 is 39.4 Å². The summed E-state index contributed by atoms with van der Waals surface area (Å²) < 4.78 is 21.9. The average molecular weight is 743 g/mol. The standard InChI is InChI=1S/C43H66O10/c1-3-5-7-9-11-13-15-17-18-20-21-23-25-27-29-31-38(45)50-34-36(35-51-43-42(49)41(48)40(47)37(33-44)53-43)52-39(46)32-30-28-26-24-22-19-16-14-12-10-8-6-4-2/h5-8,11-14,17-19,21-23,26,28,36-37,40-44,47-49H,3-4,9-10,15-16,20,24-25,27,29-35H2,1-2H3. The Balaban J connectivity index is 2.49. The van der Waals surface area contributed by atoms with E-state index in [1.54, 1.807) is 0 Å². The van der Waals surface area contributed by atoms with Crippen LogP contribution in [0.2, 0.25) is 0 Å². The van der Waals surface area contributed by atoms with Gasteiger partial charge in [-0.1, -0.05) is 111 Å². The van der Waals surface area contributed by atoms with E-state index in [0.717, 1.165) is 64.2 Å². The van der Waals surface area contributed by atoms with Crippen molar-refractivity contribution in [2.24, 2.45) is 0 Å². The van der Waals surface area contributed by atoms with Crippen LogP contribution in [0.4, 0.5) is 0 Å². The summed E-state index contributed by atoms with van der Waals surface area (Å²) in [4.78, 5) is 25.1. The van der Waals surface area contributed by atoms with Crippen molar-refractivity contribution in [1.82, 2.24) is 0 Å². The van der Waals surface area contributed by atoms with Gasteiger partial charge in [-0.25, -0.2) is 0 Å². The molecule has 6 unspecified atom stereocenters. The minimum Gasteiger partial charge on any atom is -0.462 e. The maximum Gasteiger partial charge on any atom is 0.306 e. The van der Waals surface area contributed by atoms with E-state index < -0.39 is 55.4 Å². The van der Waals surface area contributed by atoms with Gasteiger partial charge in [-0.2, -0.15) is 0 Å². The highest BCUT2D eigenvalue weighted by Crippen LogP contribution is 2.22. The Bertz CT molecular complexity index is 1180. The molecule has 1 saturated heterocycles. The number of esters is 2. The van der Waals surface area contributed by atoms with Crippen molar-refractivity contribution in [1.29, 1.82) is 0 Å². The minimum absolute atomic E-state index is 0.0933. The number of aliphatic hydroxyl groups excluding tert-OH is 4. The van der Waals surface area contributed by atoms with Gasteiger partial charge in [0.1, 0.15) is 31.0 Å².